The maximum Gasteiger partial charge on any atom is 0.199 e. The summed E-state index contributed by atoms with van der Waals surface area (Å²) in [6.07, 6.45) is 23.5. The summed E-state index contributed by atoms with van der Waals surface area (Å²) >= 11 is 0. The van der Waals surface area contributed by atoms with Crippen LogP contribution in [0.15, 0.2) is 48.3 Å². The minimum atomic E-state index is -0.718. The Hall–Kier alpha value is -2.39. The Morgan fingerprint density at radius 3 is 2.03 bits per heavy atom. The van der Waals surface area contributed by atoms with E-state index in [4.69, 9.17) is 10.5 Å². The number of unbranched alkanes of at least 4 members (excludes halogenated alkanes) is 1. The van der Waals surface area contributed by atoms with Gasteiger partial charge in [0.2, 0.25) is 0 Å². The maximum atomic E-state index is 12.8. The van der Waals surface area contributed by atoms with Crippen molar-refractivity contribution in [3.05, 3.63) is 59.4 Å². The van der Waals surface area contributed by atoms with Gasteiger partial charge in [0, 0.05) is 0 Å². The molecule has 3 rings (SSSR count). The van der Waals surface area contributed by atoms with Crippen molar-refractivity contribution in [2.45, 2.75) is 89.9 Å². The molecule has 1 aromatic carbocycles. The minimum absolute atomic E-state index is 0.718. The molecule has 0 amide bonds. The molecular formula is C30H39FN2. The molecule has 33 heavy (non-hydrogen) atoms. The molecule has 3 heteroatoms. The third-order valence-electron chi connectivity index (χ3n) is 8.09. The molecule has 2 saturated carbocycles. The maximum absolute atomic E-state index is 12.8. The molecule has 2 fully saturated rings. The van der Waals surface area contributed by atoms with E-state index in [2.05, 4.69) is 18.2 Å². The first-order valence-electron chi connectivity index (χ1n) is 13.1. The van der Waals surface area contributed by atoms with Crippen LogP contribution in [0, 0.1) is 46.3 Å². The van der Waals surface area contributed by atoms with E-state index < -0.39 is 5.83 Å². The quantitative estimate of drug-likeness (QED) is 0.205. The van der Waals surface area contributed by atoms with Gasteiger partial charge in [-0.05, 0) is 98.8 Å². The van der Waals surface area contributed by atoms with E-state index in [1.807, 2.05) is 18.2 Å². The second-order valence-corrected chi connectivity index (χ2v) is 10.2. The molecule has 0 unspecified atom stereocenters. The SMILES string of the molecule is N#CC(F)=CC=CCC[C@H]1CC[C@H]([C@H]2CC[C@H](CCCCc3ccc(C#N)cc3)CC2)CC1. The third kappa shape index (κ3) is 8.81. The first kappa shape index (κ1) is 25.2. The Bertz CT molecular complexity index is 839. The van der Waals surface area contributed by atoms with E-state index in [0.29, 0.717) is 0 Å². The van der Waals surface area contributed by atoms with Crippen molar-refractivity contribution < 1.29 is 4.39 Å². The zero-order chi connectivity index (χ0) is 23.3. The molecule has 176 valence electrons. The van der Waals surface area contributed by atoms with Crippen molar-refractivity contribution >= 4 is 0 Å². The fourth-order valence-electron chi connectivity index (χ4n) is 6.02. The van der Waals surface area contributed by atoms with Crippen molar-refractivity contribution in [3.8, 4) is 12.1 Å². The number of hydrogen-bond donors (Lipinski definition) is 0. The Morgan fingerprint density at radius 2 is 1.45 bits per heavy atom. The lowest BCUT2D eigenvalue weighted by atomic mass is 9.68. The summed E-state index contributed by atoms with van der Waals surface area (Å²) in [4.78, 5) is 0. The number of hydrogen-bond acceptors (Lipinski definition) is 2. The topological polar surface area (TPSA) is 47.6 Å². The predicted octanol–water partition coefficient (Wildman–Crippen LogP) is 8.60. The Morgan fingerprint density at radius 1 is 0.848 bits per heavy atom. The fraction of sp³-hybridized carbons (Fsp3) is 0.600. The zero-order valence-corrected chi connectivity index (χ0v) is 20.0. The van der Waals surface area contributed by atoms with Gasteiger partial charge < -0.3 is 0 Å². The standard InChI is InChI=1S/C30H39FN2/c31-30(23-33)9-3-1-2-6-25-14-18-28(19-15-25)29-20-16-26(17-21-29)8-5-4-7-24-10-12-27(22-32)13-11-24/h1,3,9-13,25-26,28-29H,2,4-8,14-21H2/t25-,26-,28-,29-. The van der Waals surface area contributed by atoms with Gasteiger partial charge in [-0.2, -0.15) is 14.9 Å². The number of benzene rings is 1. The second kappa shape index (κ2) is 14.0. The number of nitrogens with zero attached hydrogens (tertiary/aromatic N) is 2. The number of allylic oxidation sites excluding steroid dienone is 4. The molecule has 1 aromatic rings. The van der Waals surface area contributed by atoms with Crippen LogP contribution in [0.5, 0.6) is 0 Å². The Balaban J connectivity index is 1.24. The van der Waals surface area contributed by atoms with Crippen LogP contribution in [0.3, 0.4) is 0 Å². The Labute approximate surface area is 200 Å². The van der Waals surface area contributed by atoms with E-state index in [0.717, 1.165) is 42.1 Å². The zero-order valence-electron chi connectivity index (χ0n) is 20.0. The van der Waals surface area contributed by atoms with Crippen LogP contribution < -0.4 is 0 Å². The molecule has 0 aliphatic heterocycles. The van der Waals surface area contributed by atoms with E-state index >= 15 is 0 Å². The van der Waals surface area contributed by atoms with Gasteiger partial charge in [0.1, 0.15) is 6.07 Å². The van der Waals surface area contributed by atoms with Gasteiger partial charge in [0.25, 0.3) is 0 Å². The van der Waals surface area contributed by atoms with Gasteiger partial charge >= 0.3 is 0 Å². The van der Waals surface area contributed by atoms with Crippen LogP contribution in [0.4, 0.5) is 4.39 Å². The van der Waals surface area contributed by atoms with Gasteiger partial charge in [-0.1, -0.05) is 62.8 Å². The average molecular weight is 447 g/mol. The number of rotatable bonds is 10. The van der Waals surface area contributed by atoms with Crippen LogP contribution in [-0.2, 0) is 6.42 Å². The van der Waals surface area contributed by atoms with Crippen molar-refractivity contribution in [3.63, 3.8) is 0 Å². The minimum Gasteiger partial charge on any atom is -0.195 e. The smallest absolute Gasteiger partial charge is 0.195 e. The molecule has 0 heterocycles. The van der Waals surface area contributed by atoms with Gasteiger partial charge in [-0.25, -0.2) is 0 Å². The first-order chi connectivity index (χ1) is 16.2. The lowest BCUT2D eigenvalue weighted by Crippen LogP contribution is -2.25. The van der Waals surface area contributed by atoms with Crippen LogP contribution >= 0.6 is 0 Å². The van der Waals surface area contributed by atoms with Crippen LogP contribution in [0.2, 0.25) is 0 Å². The molecule has 0 atom stereocenters. The predicted molar refractivity (Wildman–Crippen MR) is 133 cm³/mol. The number of nitriles is 2. The summed E-state index contributed by atoms with van der Waals surface area (Å²) in [7, 11) is 0. The van der Waals surface area contributed by atoms with E-state index in [9.17, 15) is 4.39 Å². The highest BCUT2D eigenvalue weighted by molar-refractivity contribution is 5.31. The summed E-state index contributed by atoms with van der Waals surface area (Å²) < 4.78 is 12.8. The van der Waals surface area contributed by atoms with Gasteiger partial charge in [0.15, 0.2) is 5.83 Å². The van der Waals surface area contributed by atoms with E-state index in [1.54, 1.807) is 6.08 Å². The fourth-order valence-corrected chi connectivity index (χ4v) is 6.02. The molecule has 0 aromatic heterocycles. The monoisotopic (exact) mass is 446 g/mol. The summed E-state index contributed by atoms with van der Waals surface area (Å²) in [5.74, 6) is 2.94. The average Bonchev–Trinajstić information content (AvgIpc) is 2.87. The number of halogens is 1. The first-order valence-corrected chi connectivity index (χ1v) is 13.1. The summed E-state index contributed by atoms with van der Waals surface area (Å²) in [6, 6.07) is 11.8. The normalized spacial score (nSPS) is 26.1. The van der Waals surface area contributed by atoms with E-state index in [1.165, 1.54) is 94.8 Å². The van der Waals surface area contributed by atoms with Gasteiger partial charge in [-0.15, -0.1) is 0 Å². The molecular weight excluding hydrogens is 407 g/mol. The molecule has 0 bridgehead atoms. The second-order valence-electron chi connectivity index (χ2n) is 10.2. The largest absolute Gasteiger partial charge is 0.199 e. The molecule has 0 spiro atoms. The lowest BCUT2D eigenvalue weighted by Gasteiger charge is -2.38. The van der Waals surface area contributed by atoms with Crippen molar-refractivity contribution in [1.82, 2.24) is 0 Å². The highest BCUT2D eigenvalue weighted by Gasteiger charge is 2.30. The van der Waals surface area contributed by atoms with Crippen LogP contribution in [0.1, 0.15) is 94.6 Å². The lowest BCUT2D eigenvalue weighted by molar-refractivity contribution is 0.140. The van der Waals surface area contributed by atoms with Gasteiger partial charge in [-0.3, -0.25) is 0 Å². The molecule has 0 radical (unpaired) electrons. The molecule has 0 N–H and O–H groups in total. The molecule has 0 saturated heterocycles. The van der Waals surface area contributed by atoms with Crippen molar-refractivity contribution in [2.24, 2.45) is 23.7 Å². The van der Waals surface area contributed by atoms with Gasteiger partial charge in [0.05, 0.1) is 11.6 Å². The highest BCUT2D eigenvalue weighted by Crippen LogP contribution is 2.43. The summed E-state index contributed by atoms with van der Waals surface area (Å²) in [6.45, 7) is 0. The molecule has 2 aliphatic rings. The van der Waals surface area contributed by atoms with Crippen molar-refractivity contribution in [2.75, 3.05) is 0 Å². The molecule has 2 nitrogen and oxygen atoms in total. The van der Waals surface area contributed by atoms with Crippen molar-refractivity contribution in [1.29, 1.82) is 10.5 Å². The third-order valence-corrected chi connectivity index (χ3v) is 8.09. The summed E-state index contributed by atoms with van der Waals surface area (Å²) in [5.41, 5.74) is 2.11. The number of aryl methyl sites for hydroxylation is 1. The summed E-state index contributed by atoms with van der Waals surface area (Å²) in [5, 5.41) is 17.3. The molecule has 2 aliphatic carbocycles. The van der Waals surface area contributed by atoms with Crippen LogP contribution in [-0.4, -0.2) is 0 Å². The Kier molecular flexibility index (Phi) is 10.7. The van der Waals surface area contributed by atoms with Crippen LogP contribution in [0.25, 0.3) is 0 Å². The van der Waals surface area contributed by atoms with E-state index in [-0.39, 0.29) is 0 Å². The highest BCUT2D eigenvalue weighted by atomic mass is 19.1.